The van der Waals surface area contributed by atoms with Crippen molar-refractivity contribution in [1.82, 2.24) is 10.6 Å². The van der Waals surface area contributed by atoms with Crippen LogP contribution in [0.1, 0.15) is 84.5 Å². The summed E-state index contributed by atoms with van der Waals surface area (Å²) in [5, 5.41) is 15.0. The fourth-order valence-corrected chi connectivity index (χ4v) is 2.46. The third-order valence-corrected chi connectivity index (χ3v) is 3.83. The Morgan fingerprint density at radius 3 is 1.86 bits per heavy atom. The van der Waals surface area contributed by atoms with Crippen molar-refractivity contribution in [3.63, 3.8) is 0 Å². The number of aliphatic carboxylic acids is 1. The predicted octanol–water partition coefficient (Wildman–Crippen LogP) is 3.91. The smallest absolute Gasteiger partial charge is 0.317 e. The first kappa shape index (κ1) is 20.4. The largest absolute Gasteiger partial charge is 0.480 e. The summed E-state index contributed by atoms with van der Waals surface area (Å²) in [5.74, 6) is -0.797. The lowest BCUT2D eigenvalue weighted by atomic mass is 10.1. The zero-order chi connectivity index (χ0) is 15.8. The van der Waals surface area contributed by atoms with Crippen molar-refractivity contribution in [2.75, 3.05) is 13.1 Å². The van der Waals surface area contributed by atoms with Crippen LogP contribution in [0.4, 0.5) is 0 Å². The Bertz CT molecular complexity index is 235. The van der Waals surface area contributed by atoms with Crippen LogP contribution in [0.5, 0.6) is 0 Å². The molecule has 0 saturated heterocycles. The van der Waals surface area contributed by atoms with Gasteiger partial charge in [0.15, 0.2) is 0 Å². The molecule has 0 radical (unpaired) electrons. The van der Waals surface area contributed by atoms with Gasteiger partial charge in [-0.25, -0.2) is 0 Å². The van der Waals surface area contributed by atoms with E-state index >= 15 is 0 Å². The first-order valence-electron chi connectivity index (χ1n) is 8.89. The summed E-state index contributed by atoms with van der Waals surface area (Å²) in [7, 11) is 0. The van der Waals surface area contributed by atoms with Crippen molar-refractivity contribution in [1.29, 1.82) is 0 Å². The number of hydrogen-bond acceptors (Lipinski definition) is 3. The fourth-order valence-electron chi connectivity index (χ4n) is 2.46. The van der Waals surface area contributed by atoms with E-state index in [-0.39, 0.29) is 12.7 Å². The van der Waals surface area contributed by atoms with Crippen molar-refractivity contribution in [3.05, 3.63) is 0 Å². The molecule has 4 heteroatoms. The van der Waals surface area contributed by atoms with Crippen LogP contribution in [-0.2, 0) is 4.79 Å². The van der Waals surface area contributed by atoms with Gasteiger partial charge in [0.05, 0.1) is 12.7 Å². The number of carbonyl (C=O) groups is 1. The van der Waals surface area contributed by atoms with Gasteiger partial charge >= 0.3 is 5.97 Å². The van der Waals surface area contributed by atoms with E-state index in [0.717, 1.165) is 13.0 Å². The molecule has 4 nitrogen and oxygen atoms in total. The Morgan fingerprint density at radius 2 is 1.38 bits per heavy atom. The Balaban J connectivity index is 3.24. The SMILES string of the molecule is CCCCCCCCCCCCNC(CC)NCC(=O)O. The van der Waals surface area contributed by atoms with Crippen LogP contribution >= 0.6 is 0 Å². The Hall–Kier alpha value is -0.610. The highest BCUT2D eigenvalue weighted by Gasteiger charge is 2.05. The quantitative estimate of drug-likeness (QED) is 0.299. The standard InChI is InChI=1S/C17H36N2O2/c1-3-5-6-7-8-9-10-11-12-13-14-18-16(4-2)19-15-17(20)21/h16,18-19H,3-15H2,1-2H3,(H,20,21). The van der Waals surface area contributed by atoms with Gasteiger partial charge in [0.1, 0.15) is 0 Å². The summed E-state index contributed by atoms with van der Waals surface area (Å²) in [6.45, 7) is 5.32. The molecule has 21 heavy (non-hydrogen) atoms. The summed E-state index contributed by atoms with van der Waals surface area (Å²) in [6.07, 6.45) is 14.5. The minimum atomic E-state index is -0.797. The molecule has 0 aliphatic rings. The van der Waals surface area contributed by atoms with Gasteiger partial charge in [-0.2, -0.15) is 0 Å². The number of carboxylic acids is 1. The van der Waals surface area contributed by atoms with Crippen LogP contribution in [0.25, 0.3) is 0 Å². The van der Waals surface area contributed by atoms with E-state index in [1.54, 1.807) is 0 Å². The molecular weight excluding hydrogens is 264 g/mol. The van der Waals surface area contributed by atoms with Crippen LogP contribution in [0, 0.1) is 0 Å². The first-order valence-corrected chi connectivity index (χ1v) is 8.89. The highest BCUT2D eigenvalue weighted by atomic mass is 16.4. The molecule has 0 aliphatic carbocycles. The highest BCUT2D eigenvalue weighted by molar-refractivity contribution is 5.69. The maximum Gasteiger partial charge on any atom is 0.317 e. The average Bonchev–Trinajstić information content (AvgIpc) is 2.47. The topological polar surface area (TPSA) is 61.4 Å². The van der Waals surface area contributed by atoms with E-state index in [0.29, 0.717) is 0 Å². The summed E-state index contributed by atoms with van der Waals surface area (Å²) >= 11 is 0. The summed E-state index contributed by atoms with van der Waals surface area (Å²) < 4.78 is 0. The molecule has 0 amide bonds. The maximum atomic E-state index is 10.5. The predicted molar refractivity (Wildman–Crippen MR) is 89.6 cm³/mol. The van der Waals surface area contributed by atoms with Gasteiger partial charge in [0.2, 0.25) is 0 Å². The second-order valence-corrected chi connectivity index (χ2v) is 5.87. The van der Waals surface area contributed by atoms with E-state index in [2.05, 4.69) is 24.5 Å². The molecule has 0 aromatic carbocycles. The monoisotopic (exact) mass is 300 g/mol. The van der Waals surface area contributed by atoms with Crippen molar-refractivity contribution in [3.8, 4) is 0 Å². The molecule has 0 bridgehead atoms. The normalized spacial score (nSPS) is 12.5. The fraction of sp³-hybridized carbons (Fsp3) is 0.941. The maximum absolute atomic E-state index is 10.5. The summed E-state index contributed by atoms with van der Waals surface area (Å²) in [5.41, 5.74) is 0. The number of rotatable bonds is 16. The van der Waals surface area contributed by atoms with Crippen molar-refractivity contribution >= 4 is 5.97 Å². The van der Waals surface area contributed by atoms with Crippen LogP contribution in [0.3, 0.4) is 0 Å². The number of nitrogens with one attached hydrogen (secondary N) is 2. The average molecular weight is 300 g/mol. The molecule has 3 N–H and O–H groups in total. The van der Waals surface area contributed by atoms with E-state index < -0.39 is 5.97 Å². The lowest BCUT2D eigenvalue weighted by Gasteiger charge is -2.17. The molecule has 0 fully saturated rings. The van der Waals surface area contributed by atoms with Crippen LogP contribution in [-0.4, -0.2) is 30.3 Å². The molecule has 0 heterocycles. The molecule has 126 valence electrons. The van der Waals surface area contributed by atoms with Gasteiger partial charge in [0, 0.05) is 0 Å². The van der Waals surface area contributed by atoms with Crippen LogP contribution < -0.4 is 10.6 Å². The Labute approximate surface area is 131 Å². The zero-order valence-corrected chi connectivity index (χ0v) is 14.1. The summed E-state index contributed by atoms with van der Waals surface area (Å²) in [6, 6.07) is 0. The summed E-state index contributed by atoms with van der Waals surface area (Å²) in [4.78, 5) is 10.5. The number of unbranched alkanes of at least 4 members (excludes halogenated alkanes) is 9. The molecular formula is C17H36N2O2. The highest BCUT2D eigenvalue weighted by Crippen LogP contribution is 2.10. The molecule has 1 atom stereocenters. The Morgan fingerprint density at radius 1 is 0.857 bits per heavy atom. The number of carboxylic acid groups (broad SMARTS) is 1. The second-order valence-electron chi connectivity index (χ2n) is 5.87. The third kappa shape index (κ3) is 15.6. The van der Waals surface area contributed by atoms with Crippen molar-refractivity contribution < 1.29 is 9.90 Å². The molecule has 0 rings (SSSR count). The Kier molecular flexibility index (Phi) is 15.3. The minimum Gasteiger partial charge on any atom is -0.480 e. The second kappa shape index (κ2) is 15.8. The van der Waals surface area contributed by atoms with Gasteiger partial charge in [0.25, 0.3) is 0 Å². The first-order chi connectivity index (χ1) is 10.2. The lowest BCUT2D eigenvalue weighted by molar-refractivity contribution is -0.136. The van der Waals surface area contributed by atoms with Crippen molar-refractivity contribution in [2.45, 2.75) is 90.6 Å². The molecule has 0 saturated carbocycles. The van der Waals surface area contributed by atoms with Crippen LogP contribution in [0.15, 0.2) is 0 Å². The molecule has 0 aliphatic heterocycles. The van der Waals surface area contributed by atoms with Gasteiger partial charge in [-0.3, -0.25) is 10.1 Å². The minimum absolute atomic E-state index is 0.0313. The lowest BCUT2D eigenvalue weighted by Crippen LogP contribution is -2.44. The van der Waals surface area contributed by atoms with Gasteiger partial charge in [-0.1, -0.05) is 71.6 Å². The van der Waals surface area contributed by atoms with Crippen molar-refractivity contribution in [2.24, 2.45) is 0 Å². The molecule has 0 aromatic heterocycles. The van der Waals surface area contributed by atoms with Gasteiger partial charge < -0.3 is 10.4 Å². The van der Waals surface area contributed by atoms with Gasteiger partial charge in [-0.15, -0.1) is 0 Å². The van der Waals surface area contributed by atoms with Crippen LogP contribution in [0.2, 0.25) is 0 Å². The van der Waals surface area contributed by atoms with E-state index in [4.69, 9.17) is 5.11 Å². The third-order valence-electron chi connectivity index (χ3n) is 3.83. The molecule has 1 unspecified atom stereocenters. The molecule has 0 aromatic rings. The molecule has 0 spiro atoms. The zero-order valence-electron chi connectivity index (χ0n) is 14.1. The van der Waals surface area contributed by atoms with Gasteiger partial charge in [-0.05, 0) is 19.4 Å². The van der Waals surface area contributed by atoms with E-state index in [1.807, 2.05) is 0 Å². The van der Waals surface area contributed by atoms with E-state index in [1.165, 1.54) is 64.2 Å². The van der Waals surface area contributed by atoms with E-state index in [9.17, 15) is 4.79 Å². The number of hydrogen-bond donors (Lipinski definition) is 3.